The molecule has 8 aromatic rings. The Hall–Kier alpha value is -8.36. The molecule has 0 aliphatic carbocycles. The summed E-state index contributed by atoms with van der Waals surface area (Å²) in [4.78, 5) is 61.8. The van der Waals surface area contributed by atoms with Crippen molar-refractivity contribution >= 4 is 97.0 Å². The number of rotatable bonds is 24. The minimum Gasteiger partial charge on any atom is -0.506 e. The number of aliphatic hydroxyl groups is 3. The lowest BCUT2D eigenvalue weighted by atomic mass is 9.89. The average molecular weight is 1150 g/mol. The number of anilines is 8. The normalized spacial score (nSPS) is 12.9. The molecule has 25 nitrogen and oxygen atoms in total. The van der Waals surface area contributed by atoms with Gasteiger partial charge in [0.2, 0.25) is 23.8 Å². The number of aryl methyl sites for hydroxylation is 3. The van der Waals surface area contributed by atoms with E-state index in [9.17, 15) is 29.6 Å². The SMILES string of the molecule is CCCC[C@H](CO)Nc1nc(N)nc2cc(O)cnc12.CCCC[C@](C)(CCC(C)=O)Nc1nc(N)nc2cc(C)cnc12.CCC[C@@H](CO)Nc1nc(N)nc2cc(C)cnc12.CCC[C@@H](CO)Nc1nc(N)nc2cc(F)c(C)nc12. The molecule has 26 heteroatoms. The Morgan fingerprint density at radius 1 is 0.542 bits per heavy atom. The Bertz CT molecular complexity index is 3380. The van der Waals surface area contributed by atoms with E-state index < -0.39 is 5.82 Å². The van der Waals surface area contributed by atoms with E-state index in [1.807, 2.05) is 32.9 Å². The minimum absolute atomic E-state index is 0.00346. The largest absolute Gasteiger partial charge is 0.506 e. The maximum Gasteiger partial charge on any atom is 0.222 e. The summed E-state index contributed by atoms with van der Waals surface area (Å²) in [5.41, 5.74) is 29.6. The van der Waals surface area contributed by atoms with Gasteiger partial charge in [0.25, 0.3) is 0 Å². The van der Waals surface area contributed by atoms with Gasteiger partial charge in [-0.05, 0) is 90.0 Å². The second kappa shape index (κ2) is 31.7. The molecule has 0 aliphatic heterocycles. The summed E-state index contributed by atoms with van der Waals surface area (Å²) in [6.07, 6.45) is 15.7. The summed E-state index contributed by atoms with van der Waals surface area (Å²) in [5.74, 6) is 2.45. The number of halogens is 1. The molecule has 8 rings (SSSR count). The van der Waals surface area contributed by atoms with Crippen molar-refractivity contribution in [1.29, 1.82) is 0 Å². The monoisotopic (exact) mass is 1150 g/mol. The van der Waals surface area contributed by atoms with Crippen LogP contribution in [-0.2, 0) is 4.79 Å². The molecule has 0 fully saturated rings. The molecule has 16 N–H and O–H groups in total. The molecular weight excluding hydrogens is 1060 g/mol. The molecule has 448 valence electrons. The highest BCUT2D eigenvalue weighted by Crippen LogP contribution is 2.30. The van der Waals surface area contributed by atoms with E-state index in [2.05, 4.69) is 109 Å². The number of hydrogen-bond acceptors (Lipinski definition) is 25. The number of nitrogens with two attached hydrogens (primary N) is 4. The van der Waals surface area contributed by atoms with Gasteiger partial charge in [0.15, 0.2) is 23.3 Å². The lowest BCUT2D eigenvalue weighted by molar-refractivity contribution is -0.117. The van der Waals surface area contributed by atoms with Crippen LogP contribution in [0.4, 0.5) is 51.5 Å². The van der Waals surface area contributed by atoms with Gasteiger partial charge in [0.1, 0.15) is 44.9 Å². The Morgan fingerprint density at radius 2 is 0.952 bits per heavy atom. The maximum atomic E-state index is 13.5. The zero-order chi connectivity index (χ0) is 60.8. The van der Waals surface area contributed by atoms with E-state index in [0.29, 0.717) is 68.3 Å². The van der Waals surface area contributed by atoms with Gasteiger partial charge in [0, 0.05) is 36.5 Å². The van der Waals surface area contributed by atoms with Crippen LogP contribution in [0.5, 0.6) is 5.75 Å². The van der Waals surface area contributed by atoms with E-state index in [0.717, 1.165) is 87.3 Å². The van der Waals surface area contributed by atoms with Crippen molar-refractivity contribution in [3.63, 3.8) is 0 Å². The molecule has 0 saturated heterocycles. The summed E-state index contributed by atoms with van der Waals surface area (Å²) in [7, 11) is 0. The number of nitrogens with zero attached hydrogens (tertiary/aromatic N) is 12. The molecule has 0 aromatic carbocycles. The van der Waals surface area contributed by atoms with Crippen molar-refractivity contribution in [2.24, 2.45) is 0 Å². The zero-order valence-corrected chi connectivity index (χ0v) is 49.1. The first-order valence-electron chi connectivity index (χ1n) is 28.1. The molecule has 0 aliphatic rings. The van der Waals surface area contributed by atoms with E-state index in [-0.39, 0.29) is 84.5 Å². The van der Waals surface area contributed by atoms with Crippen LogP contribution in [0.2, 0.25) is 0 Å². The summed E-state index contributed by atoms with van der Waals surface area (Å²) in [6.45, 7) is 17.6. The number of hydrogen-bond donors (Lipinski definition) is 12. The number of aromatic nitrogens is 12. The smallest absolute Gasteiger partial charge is 0.222 e. The summed E-state index contributed by atoms with van der Waals surface area (Å²) in [6, 6.07) is 6.32. The number of nitrogen functional groups attached to an aromatic ring is 4. The second-order valence-corrected chi connectivity index (χ2v) is 20.7. The molecular formula is C57H83FN20O5. The molecule has 0 amide bonds. The van der Waals surface area contributed by atoms with Gasteiger partial charge in [-0.1, -0.05) is 66.2 Å². The van der Waals surface area contributed by atoms with Crippen molar-refractivity contribution in [2.45, 2.75) is 163 Å². The number of carbonyl (C=O) groups is 1. The number of aromatic hydroxyl groups is 1. The highest BCUT2D eigenvalue weighted by molar-refractivity contribution is 5.89. The number of unbranched alkanes of at least 4 members (excludes halogenated alkanes) is 2. The van der Waals surface area contributed by atoms with Crippen LogP contribution in [0.15, 0.2) is 42.9 Å². The zero-order valence-electron chi connectivity index (χ0n) is 49.1. The predicted molar refractivity (Wildman–Crippen MR) is 327 cm³/mol. The fourth-order valence-corrected chi connectivity index (χ4v) is 8.75. The van der Waals surface area contributed by atoms with E-state index in [1.54, 1.807) is 26.2 Å². The highest BCUT2D eigenvalue weighted by atomic mass is 19.1. The number of fused-ring (bicyclic) bond motifs is 4. The quantitative estimate of drug-likeness (QED) is 0.0272. The summed E-state index contributed by atoms with van der Waals surface area (Å²) < 4.78 is 13.5. The third-order valence-electron chi connectivity index (χ3n) is 13.1. The molecule has 8 aromatic heterocycles. The number of ketones is 1. The van der Waals surface area contributed by atoms with Gasteiger partial charge >= 0.3 is 0 Å². The van der Waals surface area contributed by atoms with Gasteiger partial charge in [-0.25, -0.2) is 34.3 Å². The maximum absolute atomic E-state index is 13.5. The van der Waals surface area contributed by atoms with Crippen LogP contribution < -0.4 is 44.2 Å². The number of aliphatic hydroxyl groups excluding tert-OH is 3. The Kier molecular flexibility index (Phi) is 25.0. The fourth-order valence-electron chi connectivity index (χ4n) is 8.75. The number of nitrogens with one attached hydrogen (secondary N) is 4. The summed E-state index contributed by atoms with van der Waals surface area (Å²) >= 11 is 0. The van der Waals surface area contributed by atoms with E-state index in [1.165, 1.54) is 18.3 Å². The van der Waals surface area contributed by atoms with Crippen LogP contribution in [-0.4, -0.2) is 130 Å². The minimum atomic E-state index is -0.436. The lowest BCUT2D eigenvalue weighted by Crippen LogP contribution is -2.36. The average Bonchev–Trinajstić information content (AvgIpc) is 3.62. The first-order valence-corrected chi connectivity index (χ1v) is 28.1. The first kappa shape index (κ1) is 65.5. The topological polar surface area (TPSA) is 405 Å². The van der Waals surface area contributed by atoms with Crippen molar-refractivity contribution in [3.05, 3.63) is 65.5 Å². The van der Waals surface area contributed by atoms with Crippen LogP contribution in [0.25, 0.3) is 44.1 Å². The fraction of sp³-hybridized carbons (Fsp3) is 0.491. The third kappa shape index (κ3) is 19.7. The molecule has 8 heterocycles. The van der Waals surface area contributed by atoms with Crippen LogP contribution in [0.3, 0.4) is 0 Å². The van der Waals surface area contributed by atoms with Gasteiger partial charge in [-0.3, -0.25) is 9.97 Å². The van der Waals surface area contributed by atoms with Crippen molar-refractivity contribution in [2.75, 3.05) is 64.0 Å². The number of pyridine rings is 4. The van der Waals surface area contributed by atoms with Crippen molar-refractivity contribution < 1.29 is 29.6 Å². The van der Waals surface area contributed by atoms with Crippen LogP contribution >= 0.6 is 0 Å². The van der Waals surface area contributed by atoms with Crippen molar-refractivity contribution in [3.8, 4) is 5.75 Å². The predicted octanol–water partition coefficient (Wildman–Crippen LogP) is 8.04. The third-order valence-corrected chi connectivity index (χ3v) is 13.1. The highest BCUT2D eigenvalue weighted by Gasteiger charge is 2.26. The molecule has 0 spiro atoms. The molecule has 4 atom stereocenters. The van der Waals surface area contributed by atoms with E-state index in [4.69, 9.17) is 22.9 Å². The van der Waals surface area contributed by atoms with Crippen LogP contribution in [0, 0.1) is 26.6 Å². The summed E-state index contributed by atoms with van der Waals surface area (Å²) in [5, 5.41) is 50.4. The number of Topliss-reactive ketones (excluding diaryl/α,β-unsaturated/α-hetero) is 1. The van der Waals surface area contributed by atoms with Gasteiger partial charge in [-0.2, -0.15) is 19.9 Å². The Labute approximate surface area is 483 Å². The molecule has 0 radical (unpaired) electrons. The lowest BCUT2D eigenvalue weighted by Gasteiger charge is -2.31. The molecule has 0 saturated carbocycles. The Morgan fingerprint density at radius 3 is 1.40 bits per heavy atom. The van der Waals surface area contributed by atoms with Gasteiger partial charge < -0.3 is 69.4 Å². The first-order chi connectivity index (χ1) is 39.6. The standard InChI is InChI=1S/C18H27N5O.C13H18FN5O.C13H19N5O2.C13H19N5O/c1-5-6-8-18(4,9-7-13(3)24)23-16-15-14(21-17(19)22-16)10-12(2)11-20-15;1-3-4-8(6-20)17-12-11-10(18-13(15)19-12)5-9(14)7(2)16-11;1-2-3-4-8(7-19)16-12-11-10(17-13(14)18-12)5-9(20)6-15-11;1-3-4-9(7-19)16-12-11-10(17-13(14)18-12)5-8(2)6-15-11/h10-11H,5-9H2,1-4H3,(H3,19,21,22,23);5,8,20H,3-4,6H2,1-2H3,(H3,15,17,18,19);5-6,8,19-20H,2-4,7H2,1H3,(H3,14,16,17,18);5-6,9,19H,3-4,7H2,1-2H3,(H3,14,16,17,18)/t18-;2*8-;9-/m1010/s1. The second-order valence-electron chi connectivity index (χ2n) is 20.7. The number of carbonyl (C=O) groups excluding carboxylic acids is 1. The van der Waals surface area contributed by atoms with E-state index >= 15 is 0 Å². The molecule has 0 bridgehead atoms. The van der Waals surface area contributed by atoms with Gasteiger partial charge in [-0.15, -0.1) is 0 Å². The molecule has 0 unspecified atom stereocenters. The molecule has 83 heavy (non-hydrogen) atoms. The Balaban J connectivity index is 0.000000203. The van der Waals surface area contributed by atoms with Crippen molar-refractivity contribution in [1.82, 2.24) is 59.8 Å². The van der Waals surface area contributed by atoms with Gasteiger partial charge in [0.05, 0.1) is 66.4 Å². The van der Waals surface area contributed by atoms with Crippen LogP contribution in [0.1, 0.15) is 135 Å².